The highest BCUT2D eigenvalue weighted by molar-refractivity contribution is 5.99. The molecule has 154 valence electrons. The van der Waals surface area contributed by atoms with Gasteiger partial charge in [-0.3, -0.25) is 4.79 Å². The summed E-state index contributed by atoms with van der Waals surface area (Å²) in [5.41, 5.74) is 6.82. The Morgan fingerprint density at radius 3 is 2.83 bits per heavy atom. The summed E-state index contributed by atoms with van der Waals surface area (Å²) in [4.78, 5) is 19.6. The van der Waals surface area contributed by atoms with Gasteiger partial charge in [-0.05, 0) is 79.1 Å². The van der Waals surface area contributed by atoms with Gasteiger partial charge < -0.3 is 9.64 Å². The van der Waals surface area contributed by atoms with Crippen molar-refractivity contribution in [3.63, 3.8) is 0 Å². The summed E-state index contributed by atoms with van der Waals surface area (Å²) in [5, 5.41) is 4.22. The number of carbonyl (C=O) groups excluding carboxylic acids is 1. The molecular weight excluding hydrogens is 376 g/mol. The van der Waals surface area contributed by atoms with E-state index in [4.69, 9.17) is 4.74 Å². The zero-order valence-corrected chi connectivity index (χ0v) is 17.5. The van der Waals surface area contributed by atoms with E-state index in [-0.39, 0.29) is 12.0 Å². The maximum absolute atomic E-state index is 13.1. The number of hydrogen-bond acceptors (Lipinski definition) is 4. The van der Waals surface area contributed by atoms with E-state index < -0.39 is 0 Å². The maximum atomic E-state index is 13.1. The van der Waals surface area contributed by atoms with Gasteiger partial charge in [-0.1, -0.05) is 6.07 Å². The second-order valence-corrected chi connectivity index (χ2v) is 8.28. The minimum atomic E-state index is 0.136. The van der Waals surface area contributed by atoms with Crippen LogP contribution in [0.5, 0.6) is 0 Å². The normalized spacial score (nSPS) is 18.3. The van der Waals surface area contributed by atoms with Gasteiger partial charge in [0.1, 0.15) is 0 Å². The average molecular weight is 402 g/mol. The number of hydrogen-bond donors (Lipinski definition) is 0. The number of fused-ring (bicyclic) bond motifs is 1. The van der Waals surface area contributed by atoms with Crippen molar-refractivity contribution in [3.05, 3.63) is 76.2 Å². The second kappa shape index (κ2) is 7.69. The zero-order valence-electron chi connectivity index (χ0n) is 17.5. The lowest BCUT2D eigenvalue weighted by Gasteiger charge is -2.19. The maximum Gasteiger partial charge on any atom is 0.254 e. The molecule has 1 amide bonds. The van der Waals surface area contributed by atoms with Crippen molar-refractivity contribution >= 4 is 5.91 Å². The van der Waals surface area contributed by atoms with E-state index in [0.717, 1.165) is 42.8 Å². The van der Waals surface area contributed by atoms with E-state index in [1.165, 1.54) is 22.3 Å². The minimum Gasteiger partial charge on any atom is -0.376 e. The number of aromatic nitrogens is 3. The van der Waals surface area contributed by atoms with Gasteiger partial charge in [-0.15, -0.1) is 0 Å². The third-order valence-electron chi connectivity index (χ3n) is 6.40. The first-order valence-electron chi connectivity index (χ1n) is 10.6. The number of nitrogens with zero attached hydrogens (tertiary/aromatic N) is 4. The summed E-state index contributed by atoms with van der Waals surface area (Å²) in [6, 6.07) is 8.03. The van der Waals surface area contributed by atoms with Crippen molar-refractivity contribution in [2.45, 2.75) is 45.8 Å². The highest BCUT2D eigenvalue weighted by Crippen LogP contribution is 2.32. The number of ether oxygens (including phenoxy) is 1. The van der Waals surface area contributed by atoms with Gasteiger partial charge in [0.15, 0.2) is 5.82 Å². The standard InChI is InChI=1S/C24H26N4O2/c1-16-17(2)22-15-27(14-20-5-3-10-30-20)24(29)21(22)12-19(16)11-18-6-7-23(25-13-18)28-9-4-8-26-28/h4,6-9,12-13,20H,3,5,10-11,14-15H2,1-2H3/t20-/m0/s1. The van der Waals surface area contributed by atoms with E-state index >= 15 is 0 Å². The van der Waals surface area contributed by atoms with Crippen LogP contribution in [0.4, 0.5) is 0 Å². The van der Waals surface area contributed by atoms with Gasteiger partial charge in [-0.2, -0.15) is 5.10 Å². The Morgan fingerprint density at radius 1 is 1.23 bits per heavy atom. The van der Waals surface area contributed by atoms with E-state index in [1.807, 2.05) is 29.4 Å². The average Bonchev–Trinajstić information content (AvgIpc) is 3.51. The van der Waals surface area contributed by atoms with Crippen LogP contribution in [0, 0.1) is 13.8 Å². The van der Waals surface area contributed by atoms with E-state index in [2.05, 4.69) is 36.1 Å². The van der Waals surface area contributed by atoms with Gasteiger partial charge in [0, 0.05) is 43.9 Å². The lowest BCUT2D eigenvalue weighted by Crippen LogP contribution is -2.32. The molecule has 0 N–H and O–H groups in total. The summed E-state index contributed by atoms with van der Waals surface area (Å²) in [6.45, 7) is 6.50. The Balaban J connectivity index is 1.38. The van der Waals surface area contributed by atoms with Crippen molar-refractivity contribution in [1.82, 2.24) is 19.7 Å². The van der Waals surface area contributed by atoms with Crippen LogP contribution in [-0.4, -0.2) is 44.8 Å². The summed E-state index contributed by atoms with van der Waals surface area (Å²) in [6.07, 6.45) is 8.59. The quantitative estimate of drug-likeness (QED) is 0.654. The predicted molar refractivity (Wildman–Crippen MR) is 114 cm³/mol. The van der Waals surface area contributed by atoms with Gasteiger partial charge >= 0.3 is 0 Å². The monoisotopic (exact) mass is 402 g/mol. The molecule has 1 saturated heterocycles. The molecule has 2 aliphatic heterocycles. The number of rotatable bonds is 5. The highest BCUT2D eigenvalue weighted by atomic mass is 16.5. The molecule has 1 fully saturated rings. The Kier molecular flexibility index (Phi) is 4.87. The highest BCUT2D eigenvalue weighted by Gasteiger charge is 2.32. The van der Waals surface area contributed by atoms with E-state index in [1.54, 1.807) is 10.9 Å². The van der Waals surface area contributed by atoms with Gasteiger partial charge in [0.2, 0.25) is 0 Å². The number of benzene rings is 1. The van der Waals surface area contributed by atoms with Crippen LogP contribution < -0.4 is 0 Å². The van der Waals surface area contributed by atoms with Crippen LogP contribution in [0.3, 0.4) is 0 Å². The molecule has 0 bridgehead atoms. The first-order chi connectivity index (χ1) is 14.6. The van der Waals surface area contributed by atoms with Crippen molar-refractivity contribution in [1.29, 1.82) is 0 Å². The van der Waals surface area contributed by atoms with Crippen LogP contribution in [0.15, 0.2) is 42.9 Å². The van der Waals surface area contributed by atoms with Gasteiger partial charge in [-0.25, -0.2) is 9.67 Å². The zero-order chi connectivity index (χ0) is 20.7. The molecule has 6 heteroatoms. The fourth-order valence-corrected chi connectivity index (χ4v) is 4.51. The van der Waals surface area contributed by atoms with Crippen LogP contribution >= 0.6 is 0 Å². The first kappa shape index (κ1) is 19.0. The lowest BCUT2D eigenvalue weighted by molar-refractivity contribution is 0.0545. The molecule has 3 aromatic rings. The summed E-state index contributed by atoms with van der Waals surface area (Å²) in [7, 11) is 0. The fraction of sp³-hybridized carbons (Fsp3) is 0.375. The van der Waals surface area contributed by atoms with E-state index in [9.17, 15) is 4.79 Å². The summed E-state index contributed by atoms with van der Waals surface area (Å²) < 4.78 is 7.49. The minimum absolute atomic E-state index is 0.136. The topological polar surface area (TPSA) is 60.3 Å². The smallest absolute Gasteiger partial charge is 0.254 e. The molecule has 6 nitrogen and oxygen atoms in total. The Labute approximate surface area is 176 Å². The Hall–Kier alpha value is -2.99. The molecule has 1 atom stereocenters. The largest absolute Gasteiger partial charge is 0.376 e. The van der Waals surface area contributed by atoms with Crippen molar-refractivity contribution in [2.24, 2.45) is 0 Å². The first-order valence-corrected chi connectivity index (χ1v) is 10.6. The molecule has 0 unspecified atom stereocenters. The predicted octanol–water partition coefficient (Wildman–Crippen LogP) is 3.61. The molecule has 2 aromatic heterocycles. The summed E-state index contributed by atoms with van der Waals surface area (Å²) >= 11 is 0. The molecular formula is C24H26N4O2. The van der Waals surface area contributed by atoms with Crippen LogP contribution in [0.25, 0.3) is 5.82 Å². The molecule has 0 saturated carbocycles. The third kappa shape index (κ3) is 3.41. The molecule has 30 heavy (non-hydrogen) atoms. The van der Waals surface area contributed by atoms with Crippen LogP contribution in [0.2, 0.25) is 0 Å². The van der Waals surface area contributed by atoms with Crippen molar-refractivity contribution in [3.8, 4) is 5.82 Å². The van der Waals surface area contributed by atoms with Crippen molar-refractivity contribution in [2.75, 3.05) is 13.2 Å². The van der Waals surface area contributed by atoms with Crippen LogP contribution in [-0.2, 0) is 17.7 Å². The van der Waals surface area contributed by atoms with Gasteiger partial charge in [0.25, 0.3) is 5.91 Å². The molecule has 1 aromatic carbocycles. The number of carbonyl (C=O) groups is 1. The summed E-state index contributed by atoms with van der Waals surface area (Å²) in [5.74, 6) is 0.933. The molecule has 0 spiro atoms. The molecule has 5 rings (SSSR count). The lowest BCUT2D eigenvalue weighted by atomic mass is 9.91. The molecule has 0 aliphatic carbocycles. The fourth-order valence-electron chi connectivity index (χ4n) is 4.51. The van der Waals surface area contributed by atoms with Crippen molar-refractivity contribution < 1.29 is 9.53 Å². The van der Waals surface area contributed by atoms with Crippen LogP contribution in [0.1, 0.15) is 51.0 Å². The van der Waals surface area contributed by atoms with E-state index in [0.29, 0.717) is 13.1 Å². The third-order valence-corrected chi connectivity index (χ3v) is 6.40. The van der Waals surface area contributed by atoms with Gasteiger partial charge in [0.05, 0.1) is 6.10 Å². The SMILES string of the molecule is Cc1c(Cc2ccc(-n3cccn3)nc2)cc2c(c1C)CN(C[C@@H]1CCCO1)C2=O. The molecule has 2 aliphatic rings. The molecule has 0 radical (unpaired) electrons. The Bertz CT molecular complexity index is 1070. The Morgan fingerprint density at radius 2 is 2.13 bits per heavy atom. The second-order valence-electron chi connectivity index (χ2n) is 8.28. The number of pyridine rings is 1. The molecule has 4 heterocycles. The number of amides is 1.